The van der Waals surface area contributed by atoms with E-state index in [2.05, 4.69) is 22.9 Å². The van der Waals surface area contributed by atoms with Crippen LogP contribution >= 0.6 is 15.9 Å². The van der Waals surface area contributed by atoms with Crippen molar-refractivity contribution >= 4 is 15.9 Å². The van der Waals surface area contributed by atoms with Crippen LogP contribution in [-0.2, 0) is 4.74 Å². The Bertz CT molecular complexity index is 143. The zero-order valence-corrected chi connectivity index (χ0v) is 11.6. The van der Waals surface area contributed by atoms with Crippen molar-refractivity contribution in [1.82, 2.24) is 0 Å². The van der Waals surface area contributed by atoms with Crippen molar-refractivity contribution < 1.29 is 4.74 Å². The van der Waals surface area contributed by atoms with Crippen LogP contribution in [-0.4, -0.2) is 17.5 Å². The number of alkyl halides is 1. The highest BCUT2D eigenvalue weighted by molar-refractivity contribution is 9.09. The molecule has 15 heavy (non-hydrogen) atoms. The molecule has 2 heteroatoms. The van der Waals surface area contributed by atoms with Crippen LogP contribution in [0.15, 0.2) is 0 Å². The number of hydrogen-bond donors (Lipinski definition) is 0. The molecule has 0 aromatic rings. The fourth-order valence-electron chi connectivity index (χ4n) is 2.24. The van der Waals surface area contributed by atoms with E-state index in [0.717, 1.165) is 11.4 Å². The maximum Gasteiger partial charge on any atom is 0.0576 e. The Morgan fingerprint density at radius 3 is 2.80 bits per heavy atom. The van der Waals surface area contributed by atoms with Gasteiger partial charge < -0.3 is 4.74 Å². The van der Waals surface area contributed by atoms with Crippen LogP contribution in [0.3, 0.4) is 0 Å². The third-order valence-electron chi connectivity index (χ3n) is 3.17. The standard InChI is InChI=1S/C13H25BrO/c1-2-7-12(14)8-4-3-5-9-13-10-6-11-15-13/h12-13H,2-11H2,1H3. The molecule has 1 nitrogen and oxygen atoms in total. The molecule has 1 saturated heterocycles. The van der Waals surface area contributed by atoms with Gasteiger partial charge in [0.25, 0.3) is 0 Å². The molecule has 2 atom stereocenters. The van der Waals surface area contributed by atoms with Crippen LogP contribution in [0.25, 0.3) is 0 Å². The maximum absolute atomic E-state index is 5.61. The molecule has 1 rings (SSSR count). The molecule has 2 unspecified atom stereocenters. The smallest absolute Gasteiger partial charge is 0.0576 e. The lowest BCUT2D eigenvalue weighted by Crippen LogP contribution is -2.04. The molecule has 0 N–H and O–H groups in total. The lowest BCUT2D eigenvalue weighted by atomic mass is 10.1. The van der Waals surface area contributed by atoms with Gasteiger partial charge in [-0.1, -0.05) is 48.5 Å². The fourth-order valence-corrected chi connectivity index (χ4v) is 3.03. The highest BCUT2D eigenvalue weighted by Gasteiger charge is 2.14. The van der Waals surface area contributed by atoms with Gasteiger partial charge in [0, 0.05) is 11.4 Å². The van der Waals surface area contributed by atoms with E-state index in [4.69, 9.17) is 4.74 Å². The largest absolute Gasteiger partial charge is 0.378 e. The first-order valence-electron chi connectivity index (χ1n) is 6.58. The summed E-state index contributed by atoms with van der Waals surface area (Å²) in [6.07, 6.45) is 12.6. The van der Waals surface area contributed by atoms with Gasteiger partial charge in [0.1, 0.15) is 0 Å². The highest BCUT2D eigenvalue weighted by Crippen LogP contribution is 2.20. The Hall–Kier alpha value is 0.440. The van der Waals surface area contributed by atoms with Crippen molar-refractivity contribution in [1.29, 1.82) is 0 Å². The molecular formula is C13H25BrO. The predicted octanol–water partition coefficient (Wildman–Crippen LogP) is 4.68. The molecule has 1 aliphatic heterocycles. The quantitative estimate of drug-likeness (QED) is 0.462. The van der Waals surface area contributed by atoms with Crippen molar-refractivity contribution in [3.8, 4) is 0 Å². The first-order chi connectivity index (χ1) is 7.33. The van der Waals surface area contributed by atoms with E-state index >= 15 is 0 Å². The van der Waals surface area contributed by atoms with Crippen molar-refractivity contribution in [2.75, 3.05) is 6.61 Å². The number of unbranched alkanes of at least 4 members (excludes halogenated alkanes) is 2. The summed E-state index contributed by atoms with van der Waals surface area (Å²) in [7, 11) is 0. The third-order valence-corrected chi connectivity index (χ3v) is 4.09. The Morgan fingerprint density at radius 1 is 1.27 bits per heavy atom. The van der Waals surface area contributed by atoms with Gasteiger partial charge in [0.2, 0.25) is 0 Å². The number of halogens is 1. The molecule has 0 radical (unpaired) electrons. The molecule has 0 aromatic heterocycles. The third kappa shape index (κ3) is 6.57. The molecule has 1 fully saturated rings. The molecule has 0 aliphatic carbocycles. The summed E-state index contributed by atoms with van der Waals surface area (Å²) in [5.41, 5.74) is 0. The predicted molar refractivity (Wildman–Crippen MR) is 69.7 cm³/mol. The van der Waals surface area contributed by atoms with Crippen molar-refractivity contribution in [3.05, 3.63) is 0 Å². The summed E-state index contributed by atoms with van der Waals surface area (Å²) in [6, 6.07) is 0. The van der Waals surface area contributed by atoms with E-state index in [1.807, 2.05) is 0 Å². The summed E-state index contributed by atoms with van der Waals surface area (Å²) < 4.78 is 5.61. The summed E-state index contributed by atoms with van der Waals surface area (Å²) in [6.45, 7) is 3.26. The van der Waals surface area contributed by atoms with E-state index in [1.165, 1.54) is 57.8 Å². The zero-order chi connectivity index (χ0) is 10.9. The van der Waals surface area contributed by atoms with Crippen LogP contribution in [0.5, 0.6) is 0 Å². The average Bonchev–Trinajstić information content (AvgIpc) is 2.70. The van der Waals surface area contributed by atoms with Crippen LogP contribution in [0.4, 0.5) is 0 Å². The van der Waals surface area contributed by atoms with Crippen LogP contribution < -0.4 is 0 Å². The first kappa shape index (κ1) is 13.5. The highest BCUT2D eigenvalue weighted by atomic mass is 79.9. The molecule has 1 heterocycles. The summed E-state index contributed by atoms with van der Waals surface area (Å²) >= 11 is 3.73. The molecule has 0 bridgehead atoms. The monoisotopic (exact) mass is 276 g/mol. The van der Waals surface area contributed by atoms with Crippen LogP contribution in [0, 0.1) is 0 Å². The van der Waals surface area contributed by atoms with Crippen LogP contribution in [0.2, 0.25) is 0 Å². The summed E-state index contributed by atoms with van der Waals surface area (Å²) in [4.78, 5) is 0.755. The van der Waals surface area contributed by atoms with Crippen LogP contribution in [0.1, 0.15) is 64.7 Å². The summed E-state index contributed by atoms with van der Waals surface area (Å²) in [5.74, 6) is 0. The molecule has 0 amide bonds. The SMILES string of the molecule is CCCC(Br)CCCCCC1CCCO1. The van der Waals surface area contributed by atoms with Crippen molar-refractivity contribution in [2.45, 2.75) is 75.6 Å². The Morgan fingerprint density at radius 2 is 2.13 bits per heavy atom. The second-order valence-electron chi connectivity index (χ2n) is 4.66. The van der Waals surface area contributed by atoms with Gasteiger partial charge in [-0.2, -0.15) is 0 Å². The van der Waals surface area contributed by atoms with Gasteiger partial charge in [-0.05, 0) is 32.1 Å². The normalized spacial score (nSPS) is 23.2. The summed E-state index contributed by atoms with van der Waals surface area (Å²) in [5, 5.41) is 0. The van der Waals surface area contributed by atoms with E-state index in [0.29, 0.717) is 6.10 Å². The second kappa shape index (κ2) is 8.58. The van der Waals surface area contributed by atoms with Gasteiger partial charge in [0.05, 0.1) is 6.10 Å². The molecule has 90 valence electrons. The van der Waals surface area contributed by atoms with Gasteiger partial charge in [-0.3, -0.25) is 0 Å². The van der Waals surface area contributed by atoms with E-state index in [9.17, 15) is 0 Å². The Balaban J connectivity index is 1.84. The topological polar surface area (TPSA) is 9.23 Å². The lowest BCUT2D eigenvalue weighted by Gasteiger charge is -2.10. The maximum atomic E-state index is 5.61. The van der Waals surface area contributed by atoms with E-state index in [1.54, 1.807) is 0 Å². The lowest BCUT2D eigenvalue weighted by molar-refractivity contribution is 0.102. The molecular weight excluding hydrogens is 252 g/mol. The minimum Gasteiger partial charge on any atom is -0.378 e. The molecule has 0 aromatic carbocycles. The van der Waals surface area contributed by atoms with Crippen molar-refractivity contribution in [2.24, 2.45) is 0 Å². The van der Waals surface area contributed by atoms with Gasteiger partial charge in [-0.25, -0.2) is 0 Å². The van der Waals surface area contributed by atoms with E-state index < -0.39 is 0 Å². The average molecular weight is 277 g/mol. The zero-order valence-electron chi connectivity index (χ0n) is 10.0. The minimum absolute atomic E-state index is 0.598. The van der Waals surface area contributed by atoms with Gasteiger partial charge in [-0.15, -0.1) is 0 Å². The first-order valence-corrected chi connectivity index (χ1v) is 7.50. The van der Waals surface area contributed by atoms with Crippen molar-refractivity contribution in [3.63, 3.8) is 0 Å². The molecule has 0 saturated carbocycles. The minimum atomic E-state index is 0.598. The molecule has 0 spiro atoms. The van der Waals surface area contributed by atoms with E-state index in [-0.39, 0.29) is 0 Å². The van der Waals surface area contributed by atoms with Gasteiger partial charge in [0.15, 0.2) is 0 Å². The van der Waals surface area contributed by atoms with Gasteiger partial charge >= 0.3 is 0 Å². The number of ether oxygens (including phenoxy) is 1. The Kier molecular flexibility index (Phi) is 7.72. The number of rotatable bonds is 8. The Labute approximate surface area is 103 Å². The fraction of sp³-hybridized carbons (Fsp3) is 1.00. The molecule has 1 aliphatic rings. The number of hydrogen-bond acceptors (Lipinski definition) is 1. The second-order valence-corrected chi connectivity index (χ2v) is 5.95.